The van der Waals surface area contributed by atoms with Gasteiger partial charge >= 0.3 is 24.0 Å². The summed E-state index contributed by atoms with van der Waals surface area (Å²) in [6.45, 7) is 0. The molecule has 70 heavy (non-hydrogen) atoms. The number of anilines is 8. The van der Waals surface area contributed by atoms with E-state index in [0.717, 1.165) is 24.3 Å². The highest BCUT2D eigenvalue weighted by Crippen LogP contribution is 2.36. The van der Waals surface area contributed by atoms with Gasteiger partial charge in [0.1, 0.15) is 11.5 Å². The molecule has 0 spiro atoms. The maximum Gasteiger partial charge on any atom is 0.337 e. The summed E-state index contributed by atoms with van der Waals surface area (Å²) in [4.78, 5) is 47.9. The average molecular weight is 997 g/mol. The molecule has 358 valence electrons. The standard InChI is InChI=1S/C40H32N14O14S2/c1-67-31-15-21(53-51-19-5-3-7-23(13-19)69(61,62)63)9-11-27(31)41-35-45-37(49-39(59)47-35)43-29-17-26(34(57)58)30(18-25(29)33(55)56)44-38-46-36(48-40(60)50-38)42-28-12-10-22(16-32(28)68-2)54-52-20-6-4-8-24(14-20)70(64,65)66/h3-18H,1-2H3,(H,55,56)(H,57,58)(H,61,62,63)(H,64,65,66)(H3,41,43,45,47,49,59)(H3,42,44,46,48,50,60). The molecule has 0 aliphatic heterocycles. The van der Waals surface area contributed by atoms with Gasteiger partial charge in [-0.05, 0) is 72.8 Å². The van der Waals surface area contributed by atoms with Crippen LogP contribution in [0.5, 0.6) is 23.5 Å². The molecule has 0 radical (unpaired) electrons. The summed E-state index contributed by atoms with van der Waals surface area (Å²) in [5, 5.41) is 68.1. The van der Waals surface area contributed by atoms with Crippen molar-refractivity contribution in [1.29, 1.82) is 0 Å². The van der Waals surface area contributed by atoms with E-state index in [1.807, 2.05) is 0 Å². The predicted molar refractivity (Wildman–Crippen MR) is 243 cm³/mol. The van der Waals surface area contributed by atoms with Gasteiger partial charge < -0.3 is 51.2 Å². The Morgan fingerprint density at radius 1 is 0.471 bits per heavy atom. The van der Waals surface area contributed by atoms with Gasteiger partial charge in [-0.25, -0.2) is 9.59 Å². The van der Waals surface area contributed by atoms with Crippen molar-refractivity contribution in [2.45, 2.75) is 9.79 Å². The van der Waals surface area contributed by atoms with Crippen LogP contribution >= 0.6 is 0 Å². The Kier molecular flexibility index (Phi) is 13.9. The lowest BCUT2D eigenvalue weighted by molar-refractivity contribution is 0.0683. The molecule has 0 fully saturated rings. The van der Waals surface area contributed by atoms with Crippen LogP contribution in [0.25, 0.3) is 0 Å². The smallest absolute Gasteiger partial charge is 0.337 e. The molecule has 2 heterocycles. The number of aromatic nitrogens is 6. The van der Waals surface area contributed by atoms with Crippen molar-refractivity contribution < 1.29 is 65.4 Å². The fourth-order valence-corrected chi connectivity index (χ4v) is 6.97. The largest absolute Gasteiger partial charge is 0.494 e. The number of methoxy groups -OCH3 is 2. The normalized spacial score (nSPS) is 11.6. The Bertz CT molecular complexity index is 3260. The van der Waals surface area contributed by atoms with Gasteiger partial charge in [0.2, 0.25) is 23.8 Å². The minimum atomic E-state index is -4.48. The zero-order valence-corrected chi connectivity index (χ0v) is 37.1. The number of nitrogens with zero attached hydrogens (tertiary/aromatic N) is 10. The molecule has 0 unspecified atom stereocenters. The second-order valence-corrected chi connectivity index (χ2v) is 16.6. The molecule has 7 aromatic rings. The number of carbonyl (C=O) groups is 2. The number of carboxylic acid groups (broad SMARTS) is 2. The first-order valence-corrected chi connectivity index (χ1v) is 22.1. The van der Waals surface area contributed by atoms with Crippen molar-refractivity contribution in [1.82, 2.24) is 29.9 Å². The predicted octanol–water partition coefficient (Wildman–Crippen LogP) is 7.18. The highest BCUT2D eigenvalue weighted by molar-refractivity contribution is 7.86. The van der Waals surface area contributed by atoms with Gasteiger partial charge in [0.05, 0.1) is 80.6 Å². The minimum absolute atomic E-state index is 0.120. The fourth-order valence-electron chi connectivity index (χ4n) is 5.93. The zero-order valence-electron chi connectivity index (χ0n) is 35.5. The van der Waals surface area contributed by atoms with Crippen LogP contribution in [0.1, 0.15) is 20.7 Å². The summed E-state index contributed by atoms with van der Waals surface area (Å²) in [6, 6.07) is 19.2. The molecule has 0 saturated heterocycles. The number of nitrogens with one attached hydrogen (secondary N) is 4. The summed E-state index contributed by atoms with van der Waals surface area (Å²) in [6.07, 6.45) is 0. The lowest BCUT2D eigenvalue weighted by Gasteiger charge is -2.15. The van der Waals surface area contributed by atoms with Gasteiger partial charge in [0, 0.05) is 12.1 Å². The molecule has 0 saturated carbocycles. The number of rotatable bonds is 18. The van der Waals surface area contributed by atoms with Gasteiger partial charge in [0.25, 0.3) is 20.2 Å². The number of hydrogen-bond donors (Lipinski definition) is 10. The van der Waals surface area contributed by atoms with Crippen LogP contribution in [0.3, 0.4) is 0 Å². The number of benzene rings is 5. The van der Waals surface area contributed by atoms with Crippen molar-refractivity contribution in [2.24, 2.45) is 20.5 Å². The SMILES string of the molecule is COc1cc(N=Nc2cccc(S(=O)(=O)O)c2)ccc1Nc1nc(O)nc(Nc2cc(C(=O)O)c(Nc3nc(O)nc(Nc4ccc(N=Nc5cccc(S(=O)(=O)O)c5)cc4OC)n3)cc2C(=O)O)n1. The number of hydrogen-bond acceptors (Lipinski definition) is 24. The van der Waals surface area contributed by atoms with Crippen molar-refractivity contribution in [3.05, 3.63) is 108 Å². The molecular weight excluding hydrogens is 965 g/mol. The molecule has 5 aromatic carbocycles. The first-order valence-electron chi connectivity index (χ1n) is 19.2. The van der Waals surface area contributed by atoms with E-state index < -0.39 is 67.2 Å². The Balaban J connectivity index is 1.10. The van der Waals surface area contributed by atoms with Crippen LogP contribution in [0.4, 0.5) is 69.3 Å². The summed E-state index contributed by atoms with van der Waals surface area (Å²) >= 11 is 0. The van der Waals surface area contributed by atoms with Crippen LogP contribution in [-0.2, 0) is 20.2 Å². The van der Waals surface area contributed by atoms with Crippen molar-refractivity contribution in [3.63, 3.8) is 0 Å². The van der Waals surface area contributed by atoms with Gasteiger partial charge in [-0.15, -0.1) is 0 Å². The number of ether oxygens (including phenoxy) is 2. The second kappa shape index (κ2) is 20.1. The van der Waals surface area contributed by atoms with Crippen LogP contribution < -0.4 is 30.7 Å². The van der Waals surface area contributed by atoms with E-state index in [9.17, 15) is 56.0 Å². The van der Waals surface area contributed by atoms with Gasteiger partial charge in [0.15, 0.2) is 0 Å². The first kappa shape index (κ1) is 48.4. The maximum atomic E-state index is 12.6. The van der Waals surface area contributed by atoms with Crippen molar-refractivity contribution >= 4 is 101 Å². The summed E-state index contributed by atoms with van der Waals surface area (Å²) in [5.41, 5.74) is -0.605. The first-order chi connectivity index (χ1) is 33.2. The molecule has 10 N–H and O–H groups in total. The Labute approximate surface area is 393 Å². The summed E-state index contributed by atoms with van der Waals surface area (Å²) in [7, 11) is -6.29. The van der Waals surface area contributed by atoms with Gasteiger partial charge in [-0.3, -0.25) is 9.11 Å². The second-order valence-electron chi connectivity index (χ2n) is 13.7. The highest BCUT2D eigenvalue weighted by Gasteiger charge is 2.22. The minimum Gasteiger partial charge on any atom is -0.494 e. The zero-order chi connectivity index (χ0) is 50.3. The maximum absolute atomic E-state index is 12.6. The van der Waals surface area contributed by atoms with Crippen molar-refractivity contribution in [3.8, 4) is 23.5 Å². The third-order valence-electron chi connectivity index (χ3n) is 9.01. The summed E-state index contributed by atoms with van der Waals surface area (Å²) < 4.78 is 75.5. The highest BCUT2D eigenvalue weighted by atomic mass is 32.2. The average Bonchev–Trinajstić information content (AvgIpc) is 3.30. The molecule has 7 rings (SSSR count). The third kappa shape index (κ3) is 12.1. The molecular formula is C40H32N14O14S2. The number of azo groups is 2. The number of carboxylic acids is 2. The van der Waals surface area contributed by atoms with E-state index in [1.54, 1.807) is 0 Å². The van der Waals surface area contributed by atoms with Crippen molar-refractivity contribution in [2.75, 3.05) is 35.5 Å². The molecule has 0 aliphatic rings. The quantitative estimate of drug-likeness (QED) is 0.0300. The number of aromatic hydroxyl groups is 2. The van der Waals surface area contributed by atoms with Crippen LogP contribution in [-0.4, -0.2) is 102 Å². The Morgan fingerprint density at radius 3 is 1.11 bits per heavy atom. The molecule has 0 atom stereocenters. The fraction of sp³-hybridized carbons (Fsp3) is 0.0500. The summed E-state index contributed by atoms with van der Waals surface area (Å²) in [5.74, 6) is -4.27. The number of aromatic carboxylic acids is 2. The van der Waals surface area contributed by atoms with E-state index in [1.165, 1.54) is 87.0 Å². The van der Waals surface area contributed by atoms with Crippen LogP contribution in [0.15, 0.2) is 127 Å². The molecule has 0 amide bonds. The van der Waals surface area contributed by atoms with E-state index >= 15 is 0 Å². The monoisotopic (exact) mass is 996 g/mol. The van der Waals surface area contributed by atoms with E-state index in [0.29, 0.717) is 0 Å². The molecule has 2 aromatic heterocycles. The molecule has 0 aliphatic carbocycles. The van der Waals surface area contributed by atoms with E-state index in [2.05, 4.69) is 71.6 Å². The molecule has 0 bridgehead atoms. The lowest BCUT2D eigenvalue weighted by atomic mass is 10.1. The van der Waals surface area contributed by atoms with Gasteiger partial charge in [-0.1, -0.05) is 12.1 Å². The van der Waals surface area contributed by atoms with E-state index in [4.69, 9.17) is 9.47 Å². The van der Waals surface area contributed by atoms with Gasteiger partial charge in [-0.2, -0.15) is 67.2 Å². The third-order valence-corrected chi connectivity index (χ3v) is 10.7. The topological polar surface area (TPSA) is 417 Å². The Hall–Kier alpha value is -9.52. The van der Waals surface area contributed by atoms with Crippen LogP contribution in [0, 0.1) is 0 Å². The Morgan fingerprint density at radius 2 is 0.800 bits per heavy atom. The van der Waals surface area contributed by atoms with Crippen LogP contribution in [0.2, 0.25) is 0 Å². The van der Waals surface area contributed by atoms with E-state index in [-0.39, 0.29) is 78.7 Å². The lowest BCUT2D eigenvalue weighted by Crippen LogP contribution is -2.12. The molecule has 30 heteroatoms. The molecule has 28 nitrogen and oxygen atoms in total.